The number of hydrogen-bond acceptors (Lipinski definition) is 5. The van der Waals surface area contributed by atoms with Crippen molar-refractivity contribution >= 4 is 29.7 Å². The van der Waals surface area contributed by atoms with E-state index in [1.807, 2.05) is 36.4 Å². The summed E-state index contributed by atoms with van der Waals surface area (Å²) < 4.78 is 0. The first kappa shape index (κ1) is 30.2. The van der Waals surface area contributed by atoms with E-state index in [0.717, 1.165) is 61.6 Å². The summed E-state index contributed by atoms with van der Waals surface area (Å²) in [6.45, 7) is 11.7. The van der Waals surface area contributed by atoms with Crippen molar-refractivity contribution in [3.05, 3.63) is 114 Å². The molecule has 0 bridgehead atoms. The van der Waals surface area contributed by atoms with Crippen LogP contribution in [0.3, 0.4) is 0 Å². The molecule has 0 aromatic heterocycles. The van der Waals surface area contributed by atoms with Gasteiger partial charge in [-0.3, -0.25) is 14.7 Å². The Hall–Kier alpha value is -4.26. The van der Waals surface area contributed by atoms with Crippen molar-refractivity contribution in [2.75, 3.05) is 43.9 Å². The highest BCUT2D eigenvalue weighted by atomic mass is 16.2. The van der Waals surface area contributed by atoms with Crippen molar-refractivity contribution in [2.45, 2.75) is 38.8 Å². The summed E-state index contributed by atoms with van der Waals surface area (Å²) in [5, 5.41) is 6.82. The van der Waals surface area contributed by atoms with Crippen LogP contribution in [0.2, 0.25) is 0 Å². The molecule has 2 unspecified atom stereocenters. The van der Waals surface area contributed by atoms with E-state index in [9.17, 15) is 4.79 Å². The summed E-state index contributed by atoms with van der Waals surface area (Å²) in [7, 11) is 2.14. The van der Waals surface area contributed by atoms with Gasteiger partial charge in [0.25, 0.3) is 0 Å². The molecule has 4 aromatic carbocycles. The Kier molecular flexibility index (Phi) is 10.0. The number of hydrogen-bond donors (Lipinski definition) is 2. The zero-order chi connectivity index (χ0) is 30.2. The molecule has 1 fully saturated rings. The van der Waals surface area contributed by atoms with Crippen LogP contribution in [0.5, 0.6) is 0 Å². The summed E-state index contributed by atoms with van der Waals surface area (Å²) in [5.74, 6) is 0.0761. The number of amides is 1. The second-order valence-electron chi connectivity index (χ2n) is 11.6. The van der Waals surface area contributed by atoms with E-state index < -0.39 is 0 Å². The predicted molar refractivity (Wildman–Crippen MR) is 181 cm³/mol. The number of carbonyl (C=O) groups is 1. The molecule has 43 heavy (non-hydrogen) atoms. The lowest BCUT2D eigenvalue weighted by Gasteiger charge is -2.37. The SMILES string of the molecule is C=Nc1ccc(-c2ccccc2)cc1NC(C)c1ccc(CCC(C(=O)Nc2ccc(C)cc2)N2CCN(C)CC2)cc1. The lowest BCUT2D eigenvalue weighted by atomic mass is 9.99. The quantitative estimate of drug-likeness (QED) is 0.184. The molecule has 222 valence electrons. The van der Waals surface area contributed by atoms with Crippen LogP contribution in [0, 0.1) is 6.92 Å². The van der Waals surface area contributed by atoms with Crippen LogP contribution in [0.15, 0.2) is 102 Å². The maximum Gasteiger partial charge on any atom is 0.241 e. The van der Waals surface area contributed by atoms with Gasteiger partial charge in [-0.25, -0.2) is 0 Å². The first-order chi connectivity index (χ1) is 20.9. The smallest absolute Gasteiger partial charge is 0.241 e. The molecule has 5 rings (SSSR count). The molecular formula is C37H43N5O. The topological polar surface area (TPSA) is 60.0 Å². The minimum atomic E-state index is -0.169. The van der Waals surface area contributed by atoms with Gasteiger partial charge in [-0.05, 0) is 87.0 Å². The van der Waals surface area contributed by atoms with Crippen LogP contribution in [-0.2, 0) is 11.2 Å². The van der Waals surface area contributed by atoms with E-state index in [2.05, 4.69) is 114 Å². The average molecular weight is 574 g/mol. The van der Waals surface area contributed by atoms with Crippen LogP contribution in [0.4, 0.5) is 17.1 Å². The second kappa shape index (κ2) is 14.3. The van der Waals surface area contributed by atoms with Gasteiger partial charge in [-0.15, -0.1) is 0 Å². The molecule has 1 aliphatic rings. The van der Waals surface area contributed by atoms with E-state index in [1.54, 1.807) is 0 Å². The van der Waals surface area contributed by atoms with Crippen LogP contribution < -0.4 is 10.6 Å². The monoisotopic (exact) mass is 573 g/mol. The molecule has 2 atom stereocenters. The standard InChI is InChI=1S/C37H43N5O/c1-27-10-18-33(19-11-27)40-37(43)36(42-24-22-41(4)23-25-42)21-14-29-12-15-30(16-13-29)28(2)39-35-26-32(17-20-34(35)38-3)31-8-6-5-7-9-31/h5-13,15-20,26,28,36,39H,3,14,21-25H2,1-2,4H3,(H,40,43). The van der Waals surface area contributed by atoms with Gasteiger partial charge < -0.3 is 15.5 Å². The number of nitrogens with one attached hydrogen (secondary N) is 2. The lowest BCUT2D eigenvalue weighted by molar-refractivity contribution is -0.122. The first-order valence-corrected chi connectivity index (χ1v) is 15.2. The molecule has 1 amide bonds. The number of nitrogens with zero attached hydrogens (tertiary/aromatic N) is 3. The molecule has 6 heteroatoms. The van der Waals surface area contributed by atoms with Gasteiger partial charge in [-0.2, -0.15) is 0 Å². The molecule has 0 radical (unpaired) electrons. The zero-order valence-corrected chi connectivity index (χ0v) is 25.6. The van der Waals surface area contributed by atoms with Crippen LogP contribution in [-0.4, -0.2) is 61.7 Å². The number of piperazine rings is 1. The van der Waals surface area contributed by atoms with E-state index in [0.29, 0.717) is 0 Å². The number of aliphatic imine (C=N–C) groups is 1. The normalized spacial score (nSPS) is 15.4. The third kappa shape index (κ3) is 7.98. The molecule has 6 nitrogen and oxygen atoms in total. The molecule has 0 saturated carbocycles. The Morgan fingerprint density at radius 2 is 1.58 bits per heavy atom. The van der Waals surface area contributed by atoms with Gasteiger partial charge in [-0.1, -0.05) is 78.4 Å². The third-order valence-electron chi connectivity index (χ3n) is 8.43. The first-order valence-electron chi connectivity index (χ1n) is 15.2. The largest absolute Gasteiger partial charge is 0.377 e. The van der Waals surface area contributed by atoms with Gasteiger partial charge in [0.2, 0.25) is 5.91 Å². The van der Waals surface area contributed by atoms with Crippen molar-refractivity contribution in [3.8, 4) is 11.1 Å². The average Bonchev–Trinajstić information content (AvgIpc) is 3.03. The summed E-state index contributed by atoms with van der Waals surface area (Å²) in [6, 6.07) is 33.3. The van der Waals surface area contributed by atoms with Gasteiger partial charge in [0.15, 0.2) is 0 Å². The van der Waals surface area contributed by atoms with E-state index in [1.165, 1.54) is 22.3 Å². The van der Waals surface area contributed by atoms with Crippen molar-refractivity contribution in [3.63, 3.8) is 0 Å². The van der Waals surface area contributed by atoms with Gasteiger partial charge in [0.05, 0.1) is 17.4 Å². The summed E-state index contributed by atoms with van der Waals surface area (Å²) in [4.78, 5) is 22.4. The van der Waals surface area contributed by atoms with Crippen molar-refractivity contribution in [1.29, 1.82) is 0 Å². The molecule has 1 aliphatic heterocycles. The number of benzene rings is 4. The Morgan fingerprint density at radius 3 is 2.26 bits per heavy atom. The minimum absolute atomic E-state index is 0.0761. The van der Waals surface area contributed by atoms with Crippen LogP contribution >= 0.6 is 0 Å². The van der Waals surface area contributed by atoms with Crippen molar-refractivity contribution in [2.24, 2.45) is 4.99 Å². The Bertz CT molecular complexity index is 1490. The molecule has 4 aromatic rings. The van der Waals surface area contributed by atoms with Gasteiger partial charge in [0, 0.05) is 37.9 Å². The Morgan fingerprint density at radius 1 is 0.884 bits per heavy atom. The molecule has 1 heterocycles. The number of rotatable bonds is 11. The highest BCUT2D eigenvalue weighted by Crippen LogP contribution is 2.33. The van der Waals surface area contributed by atoms with Crippen LogP contribution in [0.1, 0.15) is 36.1 Å². The molecule has 0 aliphatic carbocycles. The van der Waals surface area contributed by atoms with Gasteiger partial charge >= 0.3 is 0 Å². The summed E-state index contributed by atoms with van der Waals surface area (Å²) >= 11 is 0. The van der Waals surface area contributed by atoms with E-state index in [4.69, 9.17) is 0 Å². The Labute approximate surface area is 256 Å². The number of aryl methyl sites for hydroxylation is 2. The van der Waals surface area contributed by atoms with Crippen LogP contribution in [0.25, 0.3) is 11.1 Å². The molecule has 1 saturated heterocycles. The van der Waals surface area contributed by atoms with E-state index in [-0.39, 0.29) is 18.0 Å². The molecular weight excluding hydrogens is 530 g/mol. The van der Waals surface area contributed by atoms with Crippen molar-refractivity contribution < 1.29 is 4.79 Å². The number of carbonyl (C=O) groups excluding carboxylic acids is 1. The summed E-state index contributed by atoms with van der Waals surface area (Å²) in [6.07, 6.45) is 1.61. The fraction of sp³-hybridized carbons (Fsp3) is 0.297. The second-order valence-corrected chi connectivity index (χ2v) is 11.6. The Balaban J connectivity index is 1.24. The highest BCUT2D eigenvalue weighted by molar-refractivity contribution is 5.94. The third-order valence-corrected chi connectivity index (χ3v) is 8.43. The highest BCUT2D eigenvalue weighted by Gasteiger charge is 2.28. The maximum atomic E-state index is 13.5. The fourth-order valence-electron chi connectivity index (χ4n) is 5.67. The number of likely N-dealkylation sites (N-methyl/N-ethyl adjacent to an activating group) is 1. The fourth-order valence-corrected chi connectivity index (χ4v) is 5.67. The zero-order valence-electron chi connectivity index (χ0n) is 25.6. The molecule has 0 spiro atoms. The predicted octanol–water partition coefficient (Wildman–Crippen LogP) is 7.35. The lowest BCUT2D eigenvalue weighted by Crippen LogP contribution is -2.53. The molecule has 2 N–H and O–H groups in total. The van der Waals surface area contributed by atoms with Crippen molar-refractivity contribution in [1.82, 2.24) is 9.80 Å². The van der Waals surface area contributed by atoms with Gasteiger partial charge in [0.1, 0.15) is 0 Å². The van der Waals surface area contributed by atoms with E-state index >= 15 is 0 Å². The minimum Gasteiger partial charge on any atom is -0.377 e. The maximum absolute atomic E-state index is 13.5. The summed E-state index contributed by atoms with van der Waals surface area (Å²) in [5.41, 5.74) is 8.56. The number of anilines is 2.